The van der Waals surface area contributed by atoms with Crippen molar-refractivity contribution in [2.75, 3.05) is 11.9 Å². The lowest BCUT2D eigenvalue weighted by atomic mass is 10.0. The van der Waals surface area contributed by atoms with Gasteiger partial charge < -0.3 is 14.8 Å². The first kappa shape index (κ1) is 35.0. The van der Waals surface area contributed by atoms with Crippen LogP contribution in [0.4, 0.5) is 10.5 Å². The number of hydrogen-bond acceptors (Lipinski definition) is 7. The molecule has 1 aliphatic heterocycles. The molecule has 0 radical (unpaired) electrons. The molecule has 1 atom stereocenters. The summed E-state index contributed by atoms with van der Waals surface area (Å²) in [6.45, 7) is 8.18. The van der Waals surface area contributed by atoms with E-state index in [-0.39, 0.29) is 11.3 Å². The maximum absolute atomic E-state index is 13.1. The van der Waals surface area contributed by atoms with Crippen molar-refractivity contribution in [3.05, 3.63) is 29.3 Å². The molecule has 1 heterocycles. The largest absolute Gasteiger partial charge is 0.462 e. The minimum atomic E-state index is -1.69. The van der Waals surface area contributed by atoms with E-state index in [1.165, 1.54) is 90.5 Å². The van der Waals surface area contributed by atoms with E-state index in [0.717, 1.165) is 26.2 Å². The van der Waals surface area contributed by atoms with Crippen LogP contribution in [-0.4, -0.2) is 52.8 Å². The van der Waals surface area contributed by atoms with E-state index >= 15 is 0 Å². The Balaban J connectivity index is 1.73. The number of amides is 3. The van der Waals surface area contributed by atoms with Crippen molar-refractivity contribution < 1.29 is 33.4 Å². The second kappa shape index (κ2) is 17.7. The molecular formula is C33H50N2O7. The molecule has 1 saturated heterocycles. The monoisotopic (exact) mass is 586 g/mol. The van der Waals surface area contributed by atoms with Crippen LogP contribution in [0.5, 0.6) is 0 Å². The summed E-state index contributed by atoms with van der Waals surface area (Å²) in [5.41, 5.74) is -0.322. The average Bonchev–Trinajstić information content (AvgIpc) is 3.13. The van der Waals surface area contributed by atoms with E-state index in [9.17, 15) is 24.0 Å². The summed E-state index contributed by atoms with van der Waals surface area (Å²) < 4.78 is 10.5. The molecule has 9 heteroatoms. The third kappa shape index (κ3) is 10.9. The molecule has 0 spiro atoms. The fourth-order valence-electron chi connectivity index (χ4n) is 5.02. The molecule has 1 aromatic carbocycles. The number of carbonyl (C=O) groups is 5. The number of rotatable bonds is 20. The van der Waals surface area contributed by atoms with E-state index in [1.54, 1.807) is 19.1 Å². The molecule has 42 heavy (non-hydrogen) atoms. The number of hydrogen-bond donors (Lipinski definition) is 1. The Hall–Kier alpha value is -3.23. The van der Waals surface area contributed by atoms with E-state index in [4.69, 9.17) is 9.47 Å². The van der Waals surface area contributed by atoms with E-state index in [0.29, 0.717) is 17.1 Å². The van der Waals surface area contributed by atoms with Gasteiger partial charge in [-0.15, -0.1) is 0 Å². The van der Waals surface area contributed by atoms with Gasteiger partial charge in [-0.1, -0.05) is 96.5 Å². The van der Waals surface area contributed by atoms with Gasteiger partial charge in [0.1, 0.15) is 0 Å². The highest BCUT2D eigenvalue weighted by atomic mass is 16.6. The van der Waals surface area contributed by atoms with Crippen LogP contribution >= 0.6 is 0 Å². The molecule has 1 aliphatic rings. The smallest absolute Gasteiger partial charge is 0.418 e. The Morgan fingerprint density at radius 2 is 1.40 bits per heavy atom. The molecular weight excluding hydrogens is 536 g/mol. The van der Waals surface area contributed by atoms with Crippen LogP contribution in [0.15, 0.2) is 18.2 Å². The van der Waals surface area contributed by atoms with Gasteiger partial charge in [-0.2, -0.15) is 0 Å². The zero-order valence-electron chi connectivity index (χ0n) is 26.2. The van der Waals surface area contributed by atoms with Gasteiger partial charge in [0.15, 0.2) is 17.4 Å². The maximum Gasteiger partial charge on any atom is 0.418 e. The van der Waals surface area contributed by atoms with Crippen molar-refractivity contribution in [2.45, 2.75) is 136 Å². The zero-order chi connectivity index (χ0) is 31.1. The minimum Gasteiger partial charge on any atom is -0.462 e. The topological polar surface area (TPSA) is 119 Å². The Labute approximate surface area is 251 Å². The van der Waals surface area contributed by atoms with Crippen LogP contribution < -0.4 is 5.32 Å². The van der Waals surface area contributed by atoms with Crippen molar-refractivity contribution >= 4 is 35.3 Å². The second-order valence-corrected chi connectivity index (χ2v) is 11.8. The third-order valence-corrected chi connectivity index (χ3v) is 7.63. The van der Waals surface area contributed by atoms with Crippen LogP contribution in [0, 0.1) is 6.92 Å². The number of aryl methyl sites for hydroxylation is 1. The highest BCUT2D eigenvalue weighted by molar-refractivity contribution is 6.17. The lowest BCUT2D eigenvalue weighted by Crippen LogP contribution is -2.52. The summed E-state index contributed by atoms with van der Waals surface area (Å²) in [5, 5.41) is 2.59. The fourth-order valence-corrected chi connectivity index (χ4v) is 5.02. The number of carbonyl (C=O) groups excluding carboxylic acids is 5. The zero-order valence-corrected chi connectivity index (χ0v) is 26.2. The third-order valence-electron chi connectivity index (χ3n) is 7.63. The van der Waals surface area contributed by atoms with E-state index < -0.39 is 41.3 Å². The molecule has 0 saturated carbocycles. The van der Waals surface area contributed by atoms with Gasteiger partial charge >= 0.3 is 12.1 Å². The molecule has 1 fully saturated rings. The first-order valence-corrected chi connectivity index (χ1v) is 15.6. The van der Waals surface area contributed by atoms with E-state index in [1.807, 2.05) is 0 Å². The van der Waals surface area contributed by atoms with Crippen LogP contribution in [0.3, 0.4) is 0 Å². The molecule has 1 N–H and O–H groups in total. The van der Waals surface area contributed by atoms with Gasteiger partial charge in [0.25, 0.3) is 11.8 Å². The second-order valence-electron chi connectivity index (χ2n) is 11.8. The number of nitrogens with zero attached hydrogens (tertiary/aromatic N) is 1. The van der Waals surface area contributed by atoms with Crippen LogP contribution in [0.2, 0.25) is 0 Å². The number of ketones is 1. The molecule has 9 nitrogen and oxygen atoms in total. The van der Waals surface area contributed by atoms with Crippen molar-refractivity contribution in [3.8, 4) is 0 Å². The predicted octanol–water partition coefficient (Wildman–Crippen LogP) is 7.29. The molecule has 2 rings (SSSR count). The van der Waals surface area contributed by atoms with Crippen molar-refractivity contribution in [1.29, 1.82) is 0 Å². The number of nitrogens with one attached hydrogen (secondary N) is 1. The lowest BCUT2D eigenvalue weighted by Gasteiger charge is -2.22. The number of anilines is 1. The quantitative estimate of drug-likeness (QED) is 0.0968. The van der Waals surface area contributed by atoms with Crippen LogP contribution in [0.25, 0.3) is 0 Å². The van der Waals surface area contributed by atoms with Gasteiger partial charge in [0.05, 0.1) is 12.2 Å². The molecule has 3 amide bonds. The number of ether oxygens (including phenoxy) is 2. The van der Waals surface area contributed by atoms with Gasteiger partial charge in [-0.05, 0) is 51.8 Å². The number of imide groups is 1. The number of esters is 1. The molecule has 0 aliphatic carbocycles. The first-order chi connectivity index (χ1) is 20.0. The standard InChI is InChI=1S/C33H50N2O7/c1-6-7-8-9-10-11-12-13-14-15-16-17-18-19-22-41-30(38)26-21-20-24(2)27(23-26)34-29(37)28(25(3)36)35-31(39)33(4,5)42-32(35)40/h20-21,23,28H,6-19,22H2,1-5H3,(H,34,37). The summed E-state index contributed by atoms with van der Waals surface area (Å²) in [6, 6.07) is 3.03. The summed E-state index contributed by atoms with van der Waals surface area (Å²) in [6.07, 6.45) is 16.4. The van der Waals surface area contributed by atoms with Crippen molar-refractivity contribution in [1.82, 2.24) is 4.90 Å². The molecule has 234 valence electrons. The Morgan fingerprint density at radius 1 is 0.881 bits per heavy atom. The van der Waals surface area contributed by atoms with Gasteiger partial charge in [0, 0.05) is 5.69 Å². The maximum atomic E-state index is 13.1. The molecule has 0 bridgehead atoms. The molecule has 1 unspecified atom stereocenters. The minimum absolute atomic E-state index is 0.249. The summed E-state index contributed by atoms with van der Waals surface area (Å²) in [7, 11) is 0. The highest BCUT2D eigenvalue weighted by Gasteiger charge is 2.53. The van der Waals surface area contributed by atoms with E-state index in [2.05, 4.69) is 12.2 Å². The Bertz CT molecular complexity index is 1080. The number of Topliss-reactive ketones (excluding diaryl/α,β-unsaturated/α-hetero) is 1. The van der Waals surface area contributed by atoms with Gasteiger partial charge in [-0.3, -0.25) is 14.4 Å². The first-order valence-electron chi connectivity index (χ1n) is 15.6. The van der Waals surface area contributed by atoms with Gasteiger partial charge in [0.2, 0.25) is 0 Å². The normalized spacial score (nSPS) is 14.9. The highest BCUT2D eigenvalue weighted by Crippen LogP contribution is 2.27. The molecule has 1 aromatic rings. The summed E-state index contributed by atoms with van der Waals surface area (Å²) in [4.78, 5) is 63.4. The van der Waals surface area contributed by atoms with Crippen LogP contribution in [0.1, 0.15) is 134 Å². The SMILES string of the molecule is CCCCCCCCCCCCCCCCOC(=O)c1ccc(C)c(NC(=O)C(C(C)=O)N2C(=O)OC(C)(C)C2=O)c1. The number of benzene rings is 1. The Morgan fingerprint density at radius 3 is 1.88 bits per heavy atom. The predicted molar refractivity (Wildman–Crippen MR) is 162 cm³/mol. The van der Waals surface area contributed by atoms with Crippen molar-refractivity contribution in [2.24, 2.45) is 0 Å². The Kier molecular flexibility index (Phi) is 14.7. The number of unbranched alkanes of at least 4 members (excludes halogenated alkanes) is 13. The average molecular weight is 587 g/mol. The molecule has 0 aromatic heterocycles. The van der Waals surface area contributed by atoms with Crippen molar-refractivity contribution in [3.63, 3.8) is 0 Å². The van der Waals surface area contributed by atoms with Gasteiger partial charge in [-0.25, -0.2) is 14.5 Å². The fraction of sp³-hybridized carbons (Fsp3) is 0.667. The van der Waals surface area contributed by atoms with Crippen LogP contribution in [-0.2, 0) is 23.9 Å². The summed E-state index contributed by atoms with van der Waals surface area (Å²) in [5.74, 6) is -2.86. The summed E-state index contributed by atoms with van der Waals surface area (Å²) >= 11 is 0. The lowest BCUT2D eigenvalue weighted by molar-refractivity contribution is -0.142. The number of cyclic esters (lactones) is 1.